The second-order valence-corrected chi connectivity index (χ2v) is 5.94. The summed E-state index contributed by atoms with van der Waals surface area (Å²) < 4.78 is 16.1. The summed E-state index contributed by atoms with van der Waals surface area (Å²) in [5, 5.41) is 26.6. The number of ether oxygens (including phenoxy) is 3. The van der Waals surface area contributed by atoms with E-state index in [2.05, 4.69) is 10.6 Å². The maximum atomic E-state index is 12.0. The van der Waals surface area contributed by atoms with E-state index < -0.39 is 36.2 Å². The Balaban J connectivity index is 2.72. The quantitative estimate of drug-likeness (QED) is 0.377. The molecule has 3 N–H and O–H groups in total. The van der Waals surface area contributed by atoms with Gasteiger partial charge in [-0.2, -0.15) is 5.01 Å². The Morgan fingerprint density at radius 1 is 1.44 bits per heavy atom. The van der Waals surface area contributed by atoms with Crippen molar-refractivity contribution in [1.29, 1.82) is 0 Å². The summed E-state index contributed by atoms with van der Waals surface area (Å²) in [5.74, 6) is -1.75. The van der Waals surface area contributed by atoms with Crippen LogP contribution in [0.1, 0.15) is 33.1 Å². The van der Waals surface area contributed by atoms with Gasteiger partial charge in [-0.15, -0.1) is 4.91 Å². The average molecular weight is 363 g/mol. The number of methoxy groups -OCH3 is 2. The minimum atomic E-state index is -1.75. The first-order valence-corrected chi connectivity index (χ1v) is 8.40. The van der Waals surface area contributed by atoms with Crippen LogP contribution in [0.25, 0.3) is 0 Å². The molecule has 1 aliphatic rings. The van der Waals surface area contributed by atoms with Gasteiger partial charge in [-0.3, -0.25) is 0 Å². The molecule has 1 fully saturated rings. The molecule has 10 heteroatoms. The van der Waals surface area contributed by atoms with Crippen molar-refractivity contribution in [3.05, 3.63) is 4.91 Å². The van der Waals surface area contributed by atoms with Crippen molar-refractivity contribution in [1.82, 2.24) is 10.3 Å². The number of nitrogens with one attached hydrogen (secondary N) is 1. The predicted octanol–water partition coefficient (Wildman–Crippen LogP) is 0.368. The largest absolute Gasteiger partial charge is 0.385 e. The second kappa shape index (κ2) is 9.97. The molecular weight excluding hydrogens is 334 g/mol. The molecule has 10 nitrogen and oxygen atoms in total. The van der Waals surface area contributed by atoms with Crippen LogP contribution in [0.4, 0.5) is 4.79 Å². The molecule has 0 bridgehead atoms. The number of nitrogens with zero attached hydrogens (tertiary/aromatic N) is 2. The van der Waals surface area contributed by atoms with Gasteiger partial charge in [0.2, 0.25) is 0 Å². The van der Waals surface area contributed by atoms with Gasteiger partial charge in [0.05, 0.1) is 5.29 Å². The van der Waals surface area contributed by atoms with Crippen LogP contribution in [0.3, 0.4) is 0 Å². The molecule has 1 heterocycles. The van der Waals surface area contributed by atoms with Gasteiger partial charge in [0.1, 0.15) is 24.4 Å². The standard InChI is InChI=1S/C15H29N3O7/c1-5-7-8-18(17-22)14(20)16-9-10(23-3)11-12(24-4)13(19)15(21,6-2)25-11/h10-13,19,21H,5-9H2,1-4H3,(H,16,20)/t10-,11-,12+,13-,15?/m1/s1. The Labute approximate surface area is 147 Å². The summed E-state index contributed by atoms with van der Waals surface area (Å²) in [7, 11) is 2.80. The number of unbranched alkanes of at least 4 members (excludes halogenated alkanes) is 1. The minimum absolute atomic E-state index is 0.00941. The zero-order valence-electron chi connectivity index (χ0n) is 15.2. The van der Waals surface area contributed by atoms with Gasteiger partial charge in [-0.1, -0.05) is 20.3 Å². The summed E-state index contributed by atoms with van der Waals surface area (Å²) in [5.41, 5.74) is 0. The number of carbonyl (C=O) groups is 1. The molecule has 5 atom stereocenters. The van der Waals surface area contributed by atoms with E-state index >= 15 is 0 Å². The van der Waals surface area contributed by atoms with Crippen molar-refractivity contribution in [3.63, 3.8) is 0 Å². The molecule has 0 aliphatic carbocycles. The van der Waals surface area contributed by atoms with Gasteiger partial charge >= 0.3 is 6.03 Å². The highest BCUT2D eigenvalue weighted by Gasteiger charge is 2.55. The van der Waals surface area contributed by atoms with Crippen LogP contribution >= 0.6 is 0 Å². The van der Waals surface area contributed by atoms with Gasteiger partial charge in [0.15, 0.2) is 5.79 Å². The van der Waals surface area contributed by atoms with E-state index in [-0.39, 0.29) is 19.5 Å². The fourth-order valence-electron chi connectivity index (χ4n) is 2.75. The lowest BCUT2D eigenvalue weighted by molar-refractivity contribution is -0.238. The van der Waals surface area contributed by atoms with E-state index in [0.717, 1.165) is 11.4 Å². The lowest BCUT2D eigenvalue weighted by Gasteiger charge is -2.27. The lowest BCUT2D eigenvalue weighted by Crippen LogP contribution is -2.48. The molecule has 0 radical (unpaired) electrons. The number of aliphatic hydroxyl groups excluding tert-OH is 1. The van der Waals surface area contributed by atoms with Crippen molar-refractivity contribution in [2.75, 3.05) is 27.3 Å². The summed E-state index contributed by atoms with van der Waals surface area (Å²) in [6, 6.07) is -0.649. The van der Waals surface area contributed by atoms with Gasteiger partial charge < -0.3 is 29.7 Å². The molecule has 0 saturated carbocycles. The lowest BCUT2D eigenvalue weighted by atomic mass is 10.0. The van der Waals surface area contributed by atoms with Gasteiger partial charge in [-0.25, -0.2) is 4.79 Å². The first-order chi connectivity index (χ1) is 11.9. The molecular formula is C15H29N3O7. The van der Waals surface area contributed by atoms with Crippen molar-refractivity contribution in [2.24, 2.45) is 5.29 Å². The molecule has 1 rings (SSSR count). The normalized spacial score (nSPS) is 30.1. The maximum Gasteiger partial charge on any atom is 0.340 e. The summed E-state index contributed by atoms with van der Waals surface area (Å²) in [6.45, 7) is 3.82. The van der Waals surface area contributed by atoms with Crippen LogP contribution in [-0.2, 0) is 14.2 Å². The number of urea groups is 1. The Bertz CT molecular complexity index is 439. The van der Waals surface area contributed by atoms with Gasteiger partial charge in [-0.05, 0) is 6.42 Å². The Morgan fingerprint density at radius 3 is 2.60 bits per heavy atom. The van der Waals surface area contributed by atoms with Gasteiger partial charge in [0.25, 0.3) is 0 Å². The highest BCUT2D eigenvalue weighted by molar-refractivity contribution is 5.73. The highest BCUT2D eigenvalue weighted by Crippen LogP contribution is 2.35. The number of aliphatic hydroxyl groups is 2. The Morgan fingerprint density at radius 2 is 2.12 bits per heavy atom. The first kappa shape index (κ1) is 21.7. The second-order valence-electron chi connectivity index (χ2n) is 5.94. The van der Waals surface area contributed by atoms with E-state index in [1.54, 1.807) is 6.92 Å². The van der Waals surface area contributed by atoms with Crippen molar-refractivity contribution in [2.45, 2.75) is 63.3 Å². The molecule has 146 valence electrons. The molecule has 0 spiro atoms. The van der Waals surface area contributed by atoms with Crippen LogP contribution in [0.2, 0.25) is 0 Å². The maximum absolute atomic E-state index is 12.0. The highest BCUT2D eigenvalue weighted by atomic mass is 16.7. The van der Waals surface area contributed by atoms with Crippen LogP contribution in [0.15, 0.2) is 5.29 Å². The van der Waals surface area contributed by atoms with E-state index in [1.165, 1.54) is 14.2 Å². The summed E-state index contributed by atoms with van der Waals surface area (Å²) in [4.78, 5) is 22.8. The van der Waals surface area contributed by atoms with Crippen LogP contribution in [0, 0.1) is 4.91 Å². The van der Waals surface area contributed by atoms with E-state index in [0.29, 0.717) is 6.42 Å². The molecule has 2 amide bonds. The fraction of sp³-hybridized carbons (Fsp3) is 0.933. The van der Waals surface area contributed by atoms with Crippen LogP contribution in [-0.4, -0.2) is 78.8 Å². The summed E-state index contributed by atoms with van der Waals surface area (Å²) >= 11 is 0. The van der Waals surface area contributed by atoms with Crippen molar-refractivity contribution >= 4 is 6.03 Å². The predicted molar refractivity (Wildman–Crippen MR) is 88.5 cm³/mol. The Kier molecular flexibility index (Phi) is 8.66. The van der Waals surface area contributed by atoms with Crippen LogP contribution < -0.4 is 5.32 Å². The van der Waals surface area contributed by atoms with Crippen molar-refractivity contribution in [3.8, 4) is 0 Å². The molecule has 0 aromatic carbocycles. The fourth-order valence-corrected chi connectivity index (χ4v) is 2.75. The topological polar surface area (TPSA) is 130 Å². The van der Waals surface area contributed by atoms with Gasteiger partial charge in [0, 0.05) is 33.7 Å². The number of carbonyl (C=O) groups excluding carboxylic acids is 1. The molecule has 1 saturated heterocycles. The third-order valence-electron chi connectivity index (χ3n) is 4.40. The van der Waals surface area contributed by atoms with Crippen molar-refractivity contribution < 1.29 is 29.2 Å². The van der Waals surface area contributed by atoms with E-state index in [4.69, 9.17) is 14.2 Å². The minimum Gasteiger partial charge on any atom is -0.385 e. The number of rotatable bonds is 10. The van der Waals surface area contributed by atoms with E-state index in [9.17, 15) is 19.9 Å². The number of hydrogen-bond acceptors (Lipinski definition) is 8. The monoisotopic (exact) mass is 363 g/mol. The number of hydrogen-bond donors (Lipinski definition) is 3. The average Bonchev–Trinajstić information content (AvgIpc) is 2.87. The Hall–Kier alpha value is -1.33. The number of amides is 2. The van der Waals surface area contributed by atoms with Crippen LogP contribution in [0.5, 0.6) is 0 Å². The SMILES string of the molecule is CCCCN(N=O)C(=O)NC[C@@H](OC)[C@H]1OC(O)(CC)[C@H](O)[C@H]1OC. The molecule has 0 aromatic heterocycles. The molecule has 0 aromatic rings. The zero-order chi connectivity index (χ0) is 19.0. The first-order valence-electron chi connectivity index (χ1n) is 8.40. The summed E-state index contributed by atoms with van der Waals surface area (Å²) in [6.07, 6.45) is -1.95. The molecule has 1 aliphatic heterocycles. The zero-order valence-corrected chi connectivity index (χ0v) is 15.2. The third kappa shape index (κ3) is 5.08. The molecule has 1 unspecified atom stereocenters. The van der Waals surface area contributed by atoms with E-state index in [1.807, 2.05) is 6.92 Å². The smallest absolute Gasteiger partial charge is 0.340 e. The third-order valence-corrected chi connectivity index (χ3v) is 4.40. The molecule has 25 heavy (non-hydrogen) atoms. The number of nitroso groups, excluding NO2 is 1.